The van der Waals surface area contributed by atoms with E-state index in [9.17, 15) is 9.59 Å². The Labute approximate surface area is 102 Å². The molecule has 2 N–H and O–H groups in total. The van der Waals surface area contributed by atoms with Crippen LogP contribution in [0.1, 0.15) is 32.1 Å². The lowest BCUT2D eigenvalue weighted by atomic mass is 10.0. The van der Waals surface area contributed by atoms with Crippen LogP contribution in [0.2, 0.25) is 0 Å². The summed E-state index contributed by atoms with van der Waals surface area (Å²) in [6.07, 6.45) is 5.08. The molecular weight excluding hydrogens is 218 g/mol. The molecular formula is C12H21N3O2. The Morgan fingerprint density at radius 1 is 1.29 bits per heavy atom. The fourth-order valence-corrected chi connectivity index (χ4v) is 2.45. The molecule has 5 nitrogen and oxygen atoms in total. The number of amides is 2. The van der Waals surface area contributed by atoms with E-state index in [0.717, 1.165) is 38.6 Å². The van der Waals surface area contributed by atoms with Gasteiger partial charge in [0.1, 0.15) is 0 Å². The lowest BCUT2D eigenvalue weighted by Crippen LogP contribution is -2.51. The lowest BCUT2D eigenvalue weighted by Gasteiger charge is -2.34. The first-order chi connectivity index (χ1) is 8.09. The van der Waals surface area contributed by atoms with E-state index in [1.165, 1.54) is 0 Å². The molecule has 2 amide bonds. The molecule has 2 fully saturated rings. The average Bonchev–Trinajstić information content (AvgIpc) is 3.12. The number of carbonyl (C=O) groups excluding carboxylic acids is 2. The van der Waals surface area contributed by atoms with Gasteiger partial charge in [0.25, 0.3) is 0 Å². The topological polar surface area (TPSA) is 66.6 Å². The number of nitrogens with two attached hydrogens (primary N) is 1. The third kappa shape index (κ3) is 2.97. The molecule has 1 saturated carbocycles. The summed E-state index contributed by atoms with van der Waals surface area (Å²) in [5.74, 6) is -0.188. The van der Waals surface area contributed by atoms with Crippen molar-refractivity contribution >= 4 is 11.8 Å². The quantitative estimate of drug-likeness (QED) is 0.748. The predicted octanol–water partition coefficient (Wildman–Crippen LogP) is -0.0530. The molecule has 96 valence electrons. The van der Waals surface area contributed by atoms with E-state index in [-0.39, 0.29) is 17.9 Å². The summed E-state index contributed by atoms with van der Waals surface area (Å²) in [5, 5.41) is 0. The Hall–Kier alpha value is -1.10. The van der Waals surface area contributed by atoms with Gasteiger partial charge in [-0.05, 0) is 32.2 Å². The van der Waals surface area contributed by atoms with Crippen LogP contribution in [0.3, 0.4) is 0 Å². The zero-order chi connectivity index (χ0) is 12.4. The van der Waals surface area contributed by atoms with Crippen molar-refractivity contribution in [3.05, 3.63) is 0 Å². The SMILES string of the molecule is CN(C(=O)CN1CCCCC1C(N)=O)C1CC1. The van der Waals surface area contributed by atoms with Gasteiger partial charge in [0.15, 0.2) is 0 Å². The maximum absolute atomic E-state index is 12.0. The van der Waals surface area contributed by atoms with Gasteiger partial charge in [-0.1, -0.05) is 6.42 Å². The number of piperidine rings is 1. The van der Waals surface area contributed by atoms with E-state index in [1.54, 1.807) is 0 Å². The molecule has 1 aliphatic heterocycles. The standard InChI is InChI=1S/C12H21N3O2/c1-14(9-5-6-9)11(16)8-15-7-3-2-4-10(15)12(13)17/h9-10H,2-8H2,1H3,(H2,13,17). The Morgan fingerprint density at radius 3 is 2.59 bits per heavy atom. The van der Waals surface area contributed by atoms with Crippen molar-refractivity contribution < 1.29 is 9.59 Å². The molecule has 0 bridgehead atoms. The second kappa shape index (κ2) is 5.04. The summed E-state index contributed by atoms with van der Waals surface area (Å²) in [4.78, 5) is 27.1. The Kier molecular flexibility index (Phi) is 3.66. The third-order valence-electron chi connectivity index (χ3n) is 3.77. The molecule has 2 aliphatic rings. The molecule has 1 aliphatic carbocycles. The molecule has 17 heavy (non-hydrogen) atoms. The number of primary amides is 1. The molecule has 1 atom stereocenters. The van der Waals surface area contributed by atoms with Crippen LogP contribution in [-0.4, -0.2) is 53.8 Å². The minimum atomic E-state index is -0.299. The number of rotatable bonds is 4. The molecule has 0 aromatic carbocycles. The van der Waals surface area contributed by atoms with Crippen LogP contribution >= 0.6 is 0 Å². The fourth-order valence-electron chi connectivity index (χ4n) is 2.45. The average molecular weight is 239 g/mol. The number of hydrogen-bond donors (Lipinski definition) is 1. The van der Waals surface area contributed by atoms with Gasteiger partial charge < -0.3 is 10.6 Å². The molecule has 5 heteroatoms. The first kappa shape index (κ1) is 12.4. The first-order valence-electron chi connectivity index (χ1n) is 6.38. The third-order valence-corrected chi connectivity index (χ3v) is 3.77. The first-order valence-corrected chi connectivity index (χ1v) is 6.38. The van der Waals surface area contributed by atoms with E-state index in [1.807, 2.05) is 16.8 Å². The van der Waals surface area contributed by atoms with Crippen molar-refractivity contribution in [3.63, 3.8) is 0 Å². The molecule has 0 aromatic rings. The molecule has 2 rings (SSSR count). The highest BCUT2D eigenvalue weighted by molar-refractivity contribution is 5.82. The highest BCUT2D eigenvalue weighted by Gasteiger charge is 2.33. The summed E-state index contributed by atoms with van der Waals surface area (Å²) in [6, 6.07) is 0.180. The summed E-state index contributed by atoms with van der Waals surface area (Å²) < 4.78 is 0. The van der Waals surface area contributed by atoms with Crippen LogP contribution in [0.5, 0.6) is 0 Å². The largest absolute Gasteiger partial charge is 0.368 e. The van der Waals surface area contributed by atoms with Crippen LogP contribution in [0, 0.1) is 0 Å². The van der Waals surface area contributed by atoms with Crippen LogP contribution in [0.25, 0.3) is 0 Å². The van der Waals surface area contributed by atoms with Crippen molar-refractivity contribution in [1.29, 1.82) is 0 Å². The van der Waals surface area contributed by atoms with E-state index in [2.05, 4.69) is 0 Å². The van der Waals surface area contributed by atoms with E-state index in [4.69, 9.17) is 5.73 Å². The second-order valence-electron chi connectivity index (χ2n) is 5.12. The Balaban J connectivity index is 1.90. The van der Waals surface area contributed by atoms with Gasteiger partial charge in [0, 0.05) is 13.1 Å². The number of nitrogens with zero attached hydrogens (tertiary/aromatic N) is 2. The van der Waals surface area contributed by atoms with Crippen molar-refractivity contribution in [2.24, 2.45) is 5.73 Å². The van der Waals surface area contributed by atoms with E-state index >= 15 is 0 Å². The van der Waals surface area contributed by atoms with Crippen molar-refractivity contribution in [3.8, 4) is 0 Å². The molecule has 1 heterocycles. The monoisotopic (exact) mass is 239 g/mol. The summed E-state index contributed by atoms with van der Waals surface area (Å²) >= 11 is 0. The second-order valence-corrected chi connectivity index (χ2v) is 5.12. The molecule has 0 spiro atoms. The predicted molar refractivity (Wildman–Crippen MR) is 64.2 cm³/mol. The highest BCUT2D eigenvalue weighted by Crippen LogP contribution is 2.26. The van der Waals surface area contributed by atoms with Gasteiger partial charge >= 0.3 is 0 Å². The number of likely N-dealkylation sites (N-methyl/N-ethyl adjacent to an activating group) is 1. The number of hydrogen-bond acceptors (Lipinski definition) is 3. The maximum Gasteiger partial charge on any atom is 0.236 e. The fraction of sp³-hybridized carbons (Fsp3) is 0.833. The van der Waals surface area contributed by atoms with Gasteiger partial charge in [0.2, 0.25) is 11.8 Å². The summed E-state index contributed by atoms with van der Waals surface area (Å²) in [6.45, 7) is 1.14. The number of carbonyl (C=O) groups is 2. The smallest absolute Gasteiger partial charge is 0.236 e. The molecule has 0 aromatic heterocycles. The van der Waals surface area contributed by atoms with Gasteiger partial charge in [0.05, 0.1) is 12.6 Å². The highest BCUT2D eigenvalue weighted by atomic mass is 16.2. The maximum atomic E-state index is 12.0. The van der Waals surface area contributed by atoms with E-state index in [0.29, 0.717) is 12.6 Å². The minimum absolute atomic E-state index is 0.112. The zero-order valence-electron chi connectivity index (χ0n) is 10.4. The number of likely N-dealkylation sites (tertiary alicyclic amines) is 1. The molecule has 0 radical (unpaired) electrons. The summed E-state index contributed by atoms with van der Waals surface area (Å²) in [7, 11) is 1.85. The van der Waals surface area contributed by atoms with E-state index < -0.39 is 0 Å². The van der Waals surface area contributed by atoms with Crippen molar-refractivity contribution in [2.45, 2.75) is 44.2 Å². The van der Waals surface area contributed by atoms with Crippen molar-refractivity contribution in [1.82, 2.24) is 9.80 Å². The lowest BCUT2D eigenvalue weighted by molar-refractivity contribution is -0.134. The zero-order valence-corrected chi connectivity index (χ0v) is 10.4. The van der Waals surface area contributed by atoms with Crippen LogP contribution in [0.15, 0.2) is 0 Å². The molecule has 1 saturated heterocycles. The van der Waals surface area contributed by atoms with Gasteiger partial charge in [-0.2, -0.15) is 0 Å². The normalized spacial score (nSPS) is 25.6. The Morgan fingerprint density at radius 2 is 2.00 bits per heavy atom. The van der Waals surface area contributed by atoms with Crippen LogP contribution < -0.4 is 5.73 Å². The van der Waals surface area contributed by atoms with Crippen LogP contribution in [-0.2, 0) is 9.59 Å². The van der Waals surface area contributed by atoms with Gasteiger partial charge in [-0.25, -0.2) is 0 Å². The molecule has 1 unspecified atom stereocenters. The van der Waals surface area contributed by atoms with Crippen molar-refractivity contribution in [2.75, 3.05) is 20.1 Å². The summed E-state index contributed by atoms with van der Waals surface area (Å²) in [5.41, 5.74) is 5.38. The van der Waals surface area contributed by atoms with Crippen LogP contribution in [0.4, 0.5) is 0 Å². The van der Waals surface area contributed by atoms with Gasteiger partial charge in [-0.3, -0.25) is 14.5 Å². The minimum Gasteiger partial charge on any atom is -0.368 e. The van der Waals surface area contributed by atoms with Gasteiger partial charge in [-0.15, -0.1) is 0 Å². The Bertz CT molecular complexity index is 315.